The molecule has 0 saturated heterocycles. The molecule has 3 heteroatoms. The summed E-state index contributed by atoms with van der Waals surface area (Å²) in [5, 5.41) is 0. The number of amides is 2. The number of carbonyl (C=O) groups excluding carboxylic acids is 2. The van der Waals surface area contributed by atoms with Crippen molar-refractivity contribution >= 4 is 11.8 Å². The summed E-state index contributed by atoms with van der Waals surface area (Å²) in [6, 6.07) is 8.58. The van der Waals surface area contributed by atoms with Gasteiger partial charge in [-0.25, -0.2) is 0 Å². The molecule has 0 aromatic heterocycles. The fourth-order valence-corrected chi connectivity index (χ4v) is 3.12. The lowest BCUT2D eigenvalue weighted by Gasteiger charge is -2.30. The summed E-state index contributed by atoms with van der Waals surface area (Å²) in [7, 11) is 0. The van der Waals surface area contributed by atoms with E-state index in [0.717, 1.165) is 18.4 Å². The van der Waals surface area contributed by atoms with Gasteiger partial charge in [-0.15, -0.1) is 0 Å². The van der Waals surface area contributed by atoms with Crippen molar-refractivity contribution in [3.63, 3.8) is 0 Å². The summed E-state index contributed by atoms with van der Waals surface area (Å²) in [5.74, 6) is -0.361. The van der Waals surface area contributed by atoms with Gasteiger partial charge in [0.25, 0.3) is 5.91 Å². The minimum atomic E-state index is -0.297. The molecule has 0 aliphatic carbocycles. The van der Waals surface area contributed by atoms with E-state index >= 15 is 0 Å². The topological polar surface area (TPSA) is 37.4 Å². The average Bonchev–Trinajstić information content (AvgIpc) is 2.45. The van der Waals surface area contributed by atoms with Crippen LogP contribution in [0.2, 0.25) is 0 Å². The first-order valence-electron chi connectivity index (χ1n) is 8.32. The third-order valence-electron chi connectivity index (χ3n) is 4.79. The molecule has 1 aromatic rings. The number of hydrogen-bond donors (Lipinski definition) is 0. The minimum absolute atomic E-state index is 0.141. The second-order valence-corrected chi connectivity index (χ2v) is 7.69. The predicted octanol–water partition coefficient (Wildman–Crippen LogP) is 4.31. The van der Waals surface area contributed by atoms with Crippen LogP contribution in [0.25, 0.3) is 0 Å². The Morgan fingerprint density at radius 2 is 1.52 bits per heavy atom. The Morgan fingerprint density at radius 1 is 1.00 bits per heavy atom. The highest BCUT2D eigenvalue weighted by molar-refractivity contribution is 6.07. The van der Waals surface area contributed by atoms with E-state index in [2.05, 4.69) is 45.0 Å². The fourth-order valence-electron chi connectivity index (χ4n) is 3.12. The van der Waals surface area contributed by atoms with E-state index in [1.807, 2.05) is 13.8 Å². The Balaban J connectivity index is 2.12. The Bertz CT molecular complexity index is 624. The number of benzene rings is 1. The van der Waals surface area contributed by atoms with Crippen LogP contribution in [-0.2, 0) is 20.4 Å². The second-order valence-electron chi connectivity index (χ2n) is 7.69. The van der Waals surface area contributed by atoms with E-state index in [1.165, 1.54) is 22.7 Å². The number of hydrogen-bond acceptors (Lipinski definition) is 2. The zero-order chi connectivity index (χ0) is 17.3. The maximum atomic E-state index is 12.2. The molecule has 0 N–H and O–H groups in total. The van der Waals surface area contributed by atoms with Gasteiger partial charge in [-0.1, -0.05) is 65.3 Å². The molecule has 1 heterocycles. The normalized spacial score (nSPS) is 14.8. The van der Waals surface area contributed by atoms with Gasteiger partial charge >= 0.3 is 0 Å². The van der Waals surface area contributed by atoms with E-state index < -0.39 is 0 Å². The Hall–Kier alpha value is -1.90. The van der Waals surface area contributed by atoms with Gasteiger partial charge in [0, 0.05) is 18.7 Å². The van der Waals surface area contributed by atoms with Crippen LogP contribution in [0, 0.1) is 0 Å². The fraction of sp³-hybridized carbons (Fsp3) is 0.500. The van der Waals surface area contributed by atoms with Crippen molar-refractivity contribution in [3.05, 3.63) is 47.7 Å². The second kappa shape index (κ2) is 6.31. The maximum Gasteiger partial charge on any atom is 0.258 e. The first-order valence-corrected chi connectivity index (χ1v) is 8.32. The van der Waals surface area contributed by atoms with Crippen molar-refractivity contribution in [1.82, 2.24) is 4.90 Å². The molecule has 0 fully saturated rings. The summed E-state index contributed by atoms with van der Waals surface area (Å²) in [5.41, 5.74) is 2.32. The Labute approximate surface area is 139 Å². The van der Waals surface area contributed by atoms with Gasteiger partial charge in [0.15, 0.2) is 0 Å². The van der Waals surface area contributed by atoms with Crippen molar-refractivity contribution in [2.45, 2.75) is 64.7 Å². The summed E-state index contributed by atoms with van der Waals surface area (Å²) in [6.07, 6.45) is 5.58. The minimum Gasteiger partial charge on any atom is -0.274 e. The average molecular weight is 313 g/mol. The third kappa shape index (κ3) is 3.72. The molecule has 1 aliphatic heterocycles. The van der Waals surface area contributed by atoms with E-state index in [9.17, 15) is 9.59 Å². The largest absolute Gasteiger partial charge is 0.274 e. The first kappa shape index (κ1) is 17.5. The molecule has 2 rings (SSSR count). The van der Waals surface area contributed by atoms with Gasteiger partial charge < -0.3 is 0 Å². The zero-order valence-corrected chi connectivity index (χ0v) is 14.8. The molecule has 0 spiro atoms. The van der Waals surface area contributed by atoms with Crippen molar-refractivity contribution in [1.29, 1.82) is 0 Å². The summed E-state index contributed by atoms with van der Waals surface area (Å²) >= 11 is 0. The van der Waals surface area contributed by atoms with Gasteiger partial charge in [0.2, 0.25) is 5.91 Å². The highest BCUT2D eigenvalue weighted by Gasteiger charge is 2.31. The first-order chi connectivity index (χ1) is 10.7. The zero-order valence-electron chi connectivity index (χ0n) is 14.8. The van der Waals surface area contributed by atoms with Crippen LogP contribution >= 0.6 is 0 Å². The quantitative estimate of drug-likeness (QED) is 0.784. The van der Waals surface area contributed by atoms with Crippen molar-refractivity contribution in [2.24, 2.45) is 0 Å². The van der Waals surface area contributed by atoms with Crippen LogP contribution in [0.1, 0.15) is 65.0 Å². The van der Waals surface area contributed by atoms with Gasteiger partial charge in [-0.2, -0.15) is 0 Å². The van der Waals surface area contributed by atoms with Crippen LogP contribution in [0.5, 0.6) is 0 Å². The number of carbonyl (C=O) groups is 2. The lowest BCUT2D eigenvalue weighted by molar-refractivity contribution is -0.141. The summed E-state index contributed by atoms with van der Waals surface area (Å²) in [4.78, 5) is 24.7. The van der Waals surface area contributed by atoms with Crippen LogP contribution in [-0.4, -0.2) is 16.7 Å². The van der Waals surface area contributed by atoms with E-state index in [0.29, 0.717) is 6.42 Å². The highest BCUT2D eigenvalue weighted by Crippen LogP contribution is 2.33. The number of imide groups is 1. The van der Waals surface area contributed by atoms with Crippen LogP contribution < -0.4 is 0 Å². The van der Waals surface area contributed by atoms with Gasteiger partial charge in [-0.05, 0) is 28.4 Å². The molecule has 23 heavy (non-hydrogen) atoms. The molecule has 124 valence electrons. The molecular weight excluding hydrogens is 286 g/mol. The molecule has 2 amide bonds. The Kier molecular flexibility index (Phi) is 4.79. The predicted molar refractivity (Wildman–Crippen MR) is 93.0 cm³/mol. The molecule has 0 atom stereocenters. The van der Waals surface area contributed by atoms with Crippen molar-refractivity contribution in [2.75, 3.05) is 0 Å². The molecular formula is C20H27NO2. The van der Waals surface area contributed by atoms with Crippen molar-refractivity contribution in [3.8, 4) is 0 Å². The summed E-state index contributed by atoms with van der Waals surface area (Å²) in [6.45, 7) is 10.8. The number of rotatable bonds is 6. The van der Waals surface area contributed by atoms with E-state index in [1.54, 1.807) is 0 Å². The standard InChI is InChI=1S/C20H27NO2/c1-6-12-19(2,3)15-7-9-16(10-8-15)20(4,5)14-18(23)21-13-11-17(21)22/h7-11,13H,6,12,14H2,1-5H3. The monoisotopic (exact) mass is 313 g/mol. The third-order valence-corrected chi connectivity index (χ3v) is 4.79. The number of nitrogens with zero attached hydrogens (tertiary/aromatic N) is 1. The van der Waals surface area contributed by atoms with E-state index in [4.69, 9.17) is 0 Å². The van der Waals surface area contributed by atoms with Gasteiger partial charge in [-0.3, -0.25) is 14.5 Å². The summed E-state index contributed by atoms with van der Waals surface area (Å²) < 4.78 is 0. The van der Waals surface area contributed by atoms with Crippen LogP contribution in [0.3, 0.4) is 0 Å². The van der Waals surface area contributed by atoms with Crippen molar-refractivity contribution < 1.29 is 9.59 Å². The molecule has 1 aromatic carbocycles. The lowest BCUT2D eigenvalue weighted by Crippen LogP contribution is -2.40. The molecule has 0 saturated carbocycles. The highest BCUT2D eigenvalue weighted by atomic mass is 16.2. The van der Waals surface area contributed by atoms with Gasteiger partial charge in [0.05, 0.1) is 0 Å². The van der Waals surface area contributed by atoms with E-state index in [-0.39, 0.29) is 22.6 Å². The van der Waals surface area contributed by atoms with Gasteiger partial charge in [0.1, 0.15) is 0 Å². The molecule has 0 unspecified atom stereocenters. The molecule has 0 radical (unpaired) electrons. The smallest absolute Gasteiger partial charge is 0.258 e. The molecule has 0 bridgehead atoms. The maximum absolute atomic E-state index is 12.2. The molecule has 3 nitrogen and oxygen atoms in total. The SMILES string of the molecule is CCCC(C)(C)c1ccc(C(C)(C)CC(=O)N2C=CC2=O)cc1. The lowest BCUT2D eigenvalue weighted by atomic mass is 9.77. The molecule has 1 aliphatic rings. The Morgan fingerprint density at radius 3 is 1.91 bits per heavy atom. The van der Waals surface area contributed by atoms with Crippen LogP contribution in [0.15, 0.2) is 36.5 Å². The van der Waals surface area contributed by atoms with Crippen LogP contribution in [0.4, 0.5) is 0 Å².